The fourth-order valence-electron chi connectivity index (χ4n) is 3.08. The SMILES string of the molecule is CC(C)(C)C1CCC(/C=C(/C(=O)O)c2cccs2)CC1. The van der Waals surface area contributed by atoms with Crippen LogP contribution in [0.4, 0.5) is 0 Å². The summed E-state index contributed by atoms with van der Waals surface area (Å²) in [6.45, 7) is 6.92. The van der Waals surface area contributed by atoms with Crippen LogP contribution in [0.2, 0.25) is 0 Å². The number of carboxylic acids is 1. The molecule has 20 heavy (non-hydrogen) atoms. The summed E-state index contributed by atoms with van der Waals surface area (Å²) >= 11 is 1.50. The fraction of sp³-hybridized carbons (Fsp3) is 0.588. The molecule has 0 bridgehead atoms. The first-order chi connectivity index (χ1) is 9.38. The summed E-state index contributed by atoms with van der Waals surface area (Å²) < 4.78 is 0. The Kier molecular flexibility index (Phi) is 4.69. The van der Waals surface area contributed by atoms with E-state index in [1.54, 1.807) is 0 Å². The molecule has 0 aromatic carbocycles. The molecule has 1 N–H and O–H groups in total. The van der Waals surface area contributed by atoms with E-state index in [4.69, 9.17) is 0 Å². The number of thiophene rings is 1. The van der Waals surface area contributed by atoms with E-state index in [2.05, 4.69) is 20.8 Å². The monoisotopic (exact) mass is 292 g/mol. The summed E-state index contributed by atoms with van der Waals surface area (Å²) in [5.41, 5.74) is 0.858. The van der Waals surface area contributed by atoms with Crippen LogP contribution in [0.15, 0.2) is 23.6 Å². The molecule has 1 aliphatic rings. The smallest absolute Gasteiger partial charge is 0.336 e. The van der Waals surface area contributed by atoms with Crippen molar-refractivity contribution in [2.24, 2.45) is 17.3 Å². The number of rotatable bonds is 3. The van der Waals surface area contributed by atoms with Gasteiger partial charge < -0.3 is 5.11 Å². The highest BCUT2D eigenvalue weighted by molar-refractivity contribution is 7.11. The minimum Gasteiger partial charge on any atom is -0.478 e. The standard InChI is InChI=1S/C17H24O2S/c1-17(2,3)13-8-6-12(7-9-13)11-14(16(18)19)15-5-4-10-20-15/h4-5,10-13H,6-9H2,1-3H3,(H,18,19)/b14-11+. The van der Waals surface area contributed by atoms with Gasteiger partial charge in [-0.3, -0.25) is 0 Å². The molecule has 0 atom stereocenters. The Bertz CT molecular complexity index is 472. The van der Waals surface area contributed by atoms with Crippen molar-refractivity contribution in [3.05, 3.63) is 28.5 Å². The van der Waals surface area contributed by atoms with E-state index < -0.39 is 5.97 Å². The Hall–Kier alpha value is -1.09. The third-order valence-corrected chi connectivity index (χ3v) is 5.32. The molecule has 0 radical (unpaired) electrons. The van der Waals surface area contributed by atoms with Gasteiger partial charge in [-0.05, 0) is 54.4 Å². The first-order valence-corrected chi connectivity index (χ1v) is 8.25. The van der Waals surface area contributed by atoms with Gasteiger partial charge in [0.25, 0.3) is 0 Å². The third kappa shape index (κ3) is 3.72. The molecule has 0 spiro atoms. The summed E-state index contributed by atoms with van der Waals surface area (Å²) in [6.07, 6.45) is 6.64. The Morgan fingerprint density at radius 1 is 1.30 bits per heavy atom. The number of carbonyl (C=O) groups is 1. The van der Waals surface area contributed by atoms with Crippen molar-refractivity contribution >= 4 is 22.9 Å². The Morgan fingerprint density at radius 3 is 2.40 bits per heavy atom. The van der Waals surface area contributed by atoms with Gasteiger partial charge in [0.05, 0.1) is 5.57 Å². The molecule has 1 fully saturated rings. The maximum absolute atomic E-state index is 11.4. The molecule has 0 saturated heterocycles. The number of hydrogen-bond acceptors (Lipinski definition) is 2. The molecular formula is C17H24O2S. The van der Waals surface area contributed by atoms with Crippen LogP contribution in [0.25, 0.3) is 5.57 Å². The molecular weight excluding hydrogens is 268 g/mol. The molecule has 2 nitrogen and oxygen atoms in total. The van der Waals surface area contributed by atoms with Gasteiger partial charge in [-0.25, -0.2) is 4.79 Å². The van der Waals surface area contributed by atoms with E-state index >= 15 is 0 Å². The highest BCUT2D eigenvalue weighted by Gasteiger charge is 2.29. The van der Waals surface area contributed by atoms with E-state index in [1.165, 1.54) is 24.2 Å². The van der Waals surface area contributed by atoms with Crippen molar-refractivity contribution in [3.63, 3.8) is 0 Å². The average molecular weight is 292 g/mol. The number of allylic oxidation sites excluding steroid dienone is 1. The van der Waals surface area contributed by atoms with Crippen molar-refractivity contribution in [1.82, 2.24) is 0 Å². The second-order valence-corrected chi connectivity index (χ2v) is 7.79. The highest BCUT2D eigenvalue weighted by Crippen LogP contribution is 2.40. The van der Waals surface area contributed by atoms with Crippen LogP contribution in [0.3, 0.4) is 0 Å². The van der Waals surface area contributed by atoms with Crippen LogP contribution in [-0.4, -0.2) is 11.1 Å². The summed E-state index contributed by atoms with van der Waals surface area (Å²) in [7, 11) is 0. The Labute approximate surface area is 125 Å². The van der Waals surface area contributed by atoms with Gasteiger partial charge in [-0.2, -0.15) is 0 Å². The normalized spacial score (nSPS) is 24.6. The molecule has 110 valence electrons. The second kappa shape index (κ2) is 6.13. The van der Waals surface area contributed by atoms with Crippen LogP contribution >= 0.6 is 11.3 Å². The van der Waals surface area contributed by atoms with Crippen LogP contribution in [-0.2, 0) is 4.79 Å². The largest absolute Gasteiger partial charge is 0.478 e. The zero-order valence-electron chi connectivity index (χ0n) is 12.6. The summed E-state index contributed by atoms with van der Waals surface area (Å²) in [6, 6.07) is 3.80. The zero-order valence-corrected chi connectivity index (χ0v) is 13.4. The molecule has 0 amide bonds. The third-order valence-electron chi connectivity index (χ3n) is 4.42. The van der Waals surface area contributed by atoms with Crippen LogP contribution in [0, 0.1) is 17.3 Å². The van der Waals surface area contributed by atoms with E-state index in [0.717, 1.165) is 23.6 Å². The minimum atomic E-state index is -0.801. The Morgan fingerprint density at radius 2 is 1.95 bits per heavy atom. The predicted octanol–water partition coefficient (Wildman–Crippen LogP) is 5.07. The van der Waals surface area contributed by atoms with Gasteiger partial charge in [-0.1, -0.05) is 32.9 Å². The van der Waals surface area contributed by atoms with Crippen molar-refractivity contribution in [1.29, 1.82) is 0 Å². The molecule has 0 unspecified atom stereocenters. The fourth-order valence-corrected chi connectivity index (χ4v) is 3.82. The van der Waals surface area contributed by atoms with Gasteiger partial charge in [0.15, 0.2) is 0 Å². The predicted molar refractivity (Wildman–Crippen MR) is 84.8 cm³/mol. The van der Waals surface area contributed by atoms with Crippen molar-refractivity contribution in [2.75, 3.05) is 0 Å². The summed E-state index contributed by atoms with van der Waals surface area (Å²) in [5, 5.41) is 11.3. The van der Waals surface area contributed by atoms with Gasteiger partial charge in [0.2, 0.25) is 0 Å². The molecule has 0 aliphatic heterocycles. The molecule has 1 saturated carbocycles. The highest BCUT2D eigenvalue weighted by atomic mass is 32.1. The lowest BCUT2D eigenvalue weighted by Gasteiger charge is -2.36. The summed E-state index contributed by atoms with van der Waals surface area (Å²) in [5.74, 6) is 0.384. The van der Waals surface area contributed by atoms with Gasteiger partial charge in [0.1, 0.15) is 0 Å². The van der Waals surface area contributed by atoms with Crippen LogP contribution in [0.5, 0.6) is 0 Å². The minimum absolute atomic E-state index is 0.373. The molecule has 1 aromatic heterocycles. The molecule has 2 rings (SSSR count). The maximum Gasteiger partial charge on any atom is 0.336 e. The second-order valence-electron chi connectivity index (χ2n) is 6.84. The Balaban J connectivity index is 2.06. The van der Waals surface area contributed by atoms with Crippen LogP contribution in [0.1, 0.15) is 51.3 Å². The first-order valence-electron chi connectivity index (χ1n) is 7.37. The molecule has 1 aromatic rings. The lowest BCUT2D eigenvalue weighted by Crippen LogP contribution is -2.25. The van der Waals surface area contributed by atoms with E-state index in [9.17, 15) is 9.90 Å². The number of carboxylic acid groups (broad SMARTS) is 1. The van der Waals surface area contributed by atoms with Gasteiger partial charge >= 0.3 is 5.97 Å². The first kappa shape index (κ1) is 15.3. The van der Waals surface area contributed by atoms with Gasteiger partial charge in [0, 0.05) is 4.88 Å². The quantitative estimate of drug-likeness (QED) is 0.790. The summed E-state index contributed by atoms with van der Waals surface area (Å²) in [4.78, 5) is 12.3. The lowest BCUT2D eigenvalue weighted by atomic mass is 9.69. The van der Waals surface area contributed by atoms with Gasteiger partial charge in [-0.15, -0.1) is 11.3 Å². The average Bonchev–Trinajstić information content (AvgIpc) is 2.88. The van der Waals surface area contributed by atoms with Crippen LogP contribution < -0.4 is 0 Å². The van der Waals surface area contributed by atoms with E-state index in [-0.39, 0.29) is 0 Å². The van der Waals surface area contributed by atoms with Crippen molar-refractivity contribution in [2.45, 2.75) is 46.5 Å². The van der Waals surface area contributed by atoms with Crippen molar-refractivity contribution in [3.8, 4) is 0 Å². The number of aliphatic carboxylic acids is 1. The van der Waals surface area contributed by atoms with E-state index in [0.29, 0.717) is 16.9 Å². The van der Waals surface area contributed by atoms with E-state index in [1.807, 2.05) is 23.6 Å². The molecule has 1 heterocycles. The number of hydrogen-bond donors (Lipinski definition) is 1. The zero-order chi connectivity index (χ0) is 14.8. The maximum atomic E-state index is 11.4. The van der Waals surface area contributed by atoms with Crippen molar-refractivity contribution < 1.29 is 9.90 Å². The molecule has 1 aliphatic carbocycles. The topological polar surface area (TPSA) is 37.3 Å². The molecule has 3 heteroatoms. The lowest BCUT2D eigenvalue weighted by molar-refractivity contribution is -0.130.